The second-order valence-corrected chi connectivity index (χ2v) is 4.86. The Morgan fingerprint density at radius 1 is 1.35 bits per heavy atom. The number of rotatable bonds is 3. The molecule has 0 atom stereocenters. The van der Waals surface area contributed by atoms with Crippen molar-refractivity contribution in [2.75, 3.05) is 11.9 Å². The predicted octanol–water partition coefficient (Wildman–Crippen LogP) is 3.53. The molecule has 0 amide bonds. The molecule has 94 valence electrons. The van der Waals surface area contributed by atoms with Crippen LogP contribution in [0, 0.1) is 5.92 Å². The van der Waals surface area contributed by atoms with E-state index in [-0.39, 0.29) is 5.38 Å². The van der Waals surface area contributed by atoms with E-state index in [0.717, 1.165) is 25.1 Å². The highest BCUT2D eigenvalue weighted by Crippen LogP contribution is 2.32. The Morgan fingerprint density at radius 3 is 2.53 bits per heavy atom. The molecule has 1 aliphatic carbocycles. The summed E-state index contributed by atoms with van der Waals surface area (Å²) >= 11 is 5.83. The lowest BCUT2D eigenvalue weighted by Crippen LogP contribution is -2.30. The molecule has 1 fully saturated rings. The second kappa shape index (κ2) is 4.72. The van der Waals surface area contributed by atoms with E-state index in [0.29, 0.717) is 18.3 Å². The van der Waals surface area contributed by atoms with Gasteiger partial charge in [0.05, 0.1) is 5.56 Å². The van der Waals surface area contributed by atoms with Gasteiger partial charge < -0.3 is 5.32 Å². The van der Waals surface area contributed by atoms with Crippen molar-refractivity contribution in [1.82, 2.24) is 4.98 Å². The molecule has 0 spiro atoms. The van der Waals surface area contributed by atoms with Crippen LogP contribution in [0.5, 0.6) is 0 Å². The van der Waals surface area contributed by atoms with Crippen molar-refractivity contribution in [3.63, 3.8) is 0 Å². The minimum absolute atomic E-state index is 0.252. The number of halogens is 4. The van der Waals surface area contributed by atoms with Crippen molar-refractivity contribution in [1.29, 1.82) is 0 Å². The fourth-order valence-corrected chi connectivity index (χ4v) is 2.24. The molecule has 2 rings (SSSR count). The summed E-state index contributed by atoms with van der Waals surface area (Å²) in [6.45, 7) is 0.710. The van der Waals surface area contributed by atoms with Crippen molar-refractivity contribution in [3.8, 4) is 0 Å². The zero-order valence-corrected chi connectivity index (χ0v) is 9.72. The number of nitrogens with zero attached hydrogens (tertiary/aromatic N) is 1. The lowest BCUT2D eigenvalue weighted by Gasteiger charge is -2.31. The second-order valence-electron chi connectivity index (χ2n) is 4.25. The third-order valence-corrected chi connectivity index (χ3v) is 3.20. The zero-order chi connectivity index (χ0) is 12.5. The van der Waals surface area contributed by atoms with Gasteiger partial charge in [-0.2, -0.15) is 13.2 Å². The topological polar surface area (TPSA) is 24.9 Å². The van der Waals surface area contributed by atoms with Gasteiger partial charge in [-0.1, -0.05) is 0 Å². The summed E-state index contributed by atoms with van der Waals surface area (Å²) in [5.41, 5.74) is -0.729. The molecule has 0 bridgehead atoms. The minimum Gasteiger partial charge on any atom is -0.370 e. The monoisotopic (exact) mass is 264 g/mol. The molecule has 0 unspecified atom stereocenters. The van der Waals surface area contributed by atoms with Gasteiger partial charge in [0.25, 0.3) is 0 Å². The Kier molecular flexibility index (Phi) is 3.47. The maximum Gasteiger partial charge on any atom is 0.417 e. The molecule has 0 aliphatic heterocycles. The van der Waals surface area contributed by atoms with Crippen LogP contribution in [-0.4, -0.2) is 16.9 Å². The van der Waals surface area contributed by atoms with Crippen LogP contribution in [0.25, 0.3) is 0 Å². The normalized spacial score (nSPS) is 24.2. The predicted molar refractivity (Wildman–Crippen MR) is 60.1 cm³/mol. The maximum absolute atomic E-state index is 12.3. The van der Waals surface area contributed by atoms with E-state index in [1.54, 1.807) is 0 Å². The molecule has 1 aromatic rings. The average molecular weight is 265 g/mol. The molecule has 0 saturated heterocycles. The van der Waals surface area contributed by atoms with Crippen molar-refractivity contribution in [2.24, 2.45) is 5.92 Å². The van der Waals surface area contributed by atoms with Gasteiger partial charge in [-0.25, -0.2) is 4.98 Å². The molecular weight excluding hydrogens is 253 g/mol. The van der Waals surface area contributed by atoms with Gasteiger partial charge >= 0.3 is 6.18 Å². The van der Waals surface area contributed by atoms with Crippen LogP contribution in [0.15, 0.2) is 18.3 Å². The van der Waals surface area contributed by atoms with E-state index in [2.05, 4.69) is 10.3 Å². The number of hydrogen-bond acceptors (Lipinski definition) is 2. The number of aromatic nitrogens is 1. The average Bonchev–Trinajstić information content (AvgIpc) is 2.22. The van der Waals surface area contributed by atoms with Crippen molar-refractivity contribution < 1.29 is 13.2 Å². The standard InChI is InChI=1S/C11H12ClF3N2/c12-9-3-7(4-9)5-16-10-2-1-8(6-17-10)11(13,14)15/h1-2,6-7,9H,3-5H2,(H,16,17). The summed E-state index contributed by atoms with van der Waals surface area (Å²) in [6, 6.07) is 2.38. The van der Waals surface area contributed by atoms with Crippen molar-refractivity contribution in [3.05, 3.63) is 23.9 Å². The van der Waals surface area contributed by atoms with Gasteiger partial charge in [-0.05, 0) is 30.9 Å². The van der Waals surface area contributed by atoms with E-state index in [1.165, 1.54) is 6.07 Å². The summed E-state index contributed by atoms with van der Waals surface area (Å²) in [7, 11) is 0. The Labute approximate surface area is 102 Å². The molecular formula is C11H12ClF3N2. The lowest BCUT2D eigenvalue weighted by molar-refractivity contribution is -0.137. The van der Waals surface area contributed by atoms with Gasteiger partial charge in [-0.3, -0.25) is 0 Å². The third-order valence-electron chi connectivity index (χ3n) is 2.84. The van der Waals surface area contributed by atoms with Crippen LogP contribution in [0.1, 0.15) is 18.4 Å². The van der Waals surface area contributed by atoms with E-state index in [9.17, 15) is 13.2 Å². The first-order valence-corrected chi connectivity index (χ1v) is 5.80. The smallest absolute Gasteiger partial charge is 0.370 e. The highest BCUT2D eigenvalue weighted by atomic mass is 35.5. The fourth-order valence-electron chi connectivity index (χ4n) is 1.74. The summed E-state index contributed by atoms with van der Waals surface area (Å²) in [6.07, 6.45) is -1.58. The fraction of sp³-hybridized carbons (Fsp3) is 0.545. The first-order chi connectivity index (χ1) is 7.95. The van der Waals surface area contributed by atoms with Gasteiger partial charge in [0.15, 0.2) is 0 Å². The summed E-state index contributed by atoms with van der Waals surface area (Å²) in [5.74, 6) is 0.970. The Morgan fingerprint density at radius 2 is 2.06 bits per heavy atom. The maximum atomic E-state index is 12.3. The van der Waals surface area contributed by atoms with Gasteiger partial charge in [0, 0.05) is 18.1 Å². The number of nitrogens with one attached hydrogen (secondary N) is 1. The Hall–Kier alpha value is -0.970. The molecule has 0 radical (unpaired) electrons. The summed E-state index contributed by atoms with van der Waals surface area (Å²) in [4.78, 5) is 3.73. The Bertz CT molecular complexity index is 371. The summed E-state index contributed by atoms with van der Waals surface area (Å²) in [5, 5.41) is 3.26. The molecule has 1 aromatic heterocycles. The van der Waals surface area contributed by atoms with Crippen LogP contribution in [0.3, 0.4) is 0 Å². The number of hydrogen-bond donors (Lipinski definition) is 1. The number of alkyl halides is 4. The summed E-state index contributed by atoms with van der Waals surface area (Å²) < 4.78 is 36.8. The molecule has 1 N–H and O–H groups in total. The molecule has 1 saturated carbocycles. The third kappa shape index (κ3) is 3.25. The van der Waals surface area contributed by atoms with Crippen LogP contribution in [0.4, 0.5) is 19.0 Å². The van der Waals surface area contributed by atoms with Gasteiger partial charge in [-0.15, -0.1) is 11.6 Å². The first-order valence-electron chi connectivity index (χ1n) is 5.36. The number of anilines is 1. The van der Waals surface area contributed by atoms with Crippen molar-refractivity contribution in [2.45, 2.75) is 24.4 Å². The SMILES string of the molecule is FC(F)(F)c1ccc(NCC2CC(Cl)C2)nc1. The zero-order valence-electron chi connectivity index (χ0n) is 8.97. The molecule has 17 heavy (non-hydrogen) atoms. The highest BCUT2D eigenvalue weighted by Gasteiger charge is 2.31. The van der Waals surface area contributed by atoms with Crippen LogP contribution in [0.2, 0.25) is 0 Å². The molecule has 2 nitrogen and oxygen atoms in total. The van der Waals surface area contributed by atoms with E-state index in [4.69, 9.17) is 11.6 Å². The van der Waals surface area contributed by atoms with E-state index < -0.39 is 11.7 Å². The lowest BCUT2D eigenvalue weighted by atomic mass is 9.85. The quantitative estimate of drug-likeness (QED) is 0.845. The molecule has 6 heteroatoms. The van der Waals surface area contributed by atoms with Crippen LogP contribution < -0.4 is 5.32 Å². The molecule has 1 aliphatic rings. The van der Waals surface area contributed by atoms with E-state index in [1.807, 2.05) is 0 Å². The van der Waals surface area contributed by atoms with Gasteiger partial charge in [0.2, 0.25) is 0 Å². The van der Waals surface area contributed by atoms with E-state index >= 15 is 0 Å². The van der Waals surface area contributed by atoms with Crippen LogP contribution in [-0.2, 0) is 6.18 Å². The first kappa shape index (κ1) is 12.5. The molecule has 0 aromatic carbocycles. The minimum atomic E-state index is -4.33. The van der Waals surface area contributed by atoms with Gasteiger partial charge in [0.1, 0.15) is 5.82 Å². The largest absolute Gasteiger partial charge is 0.417 e. The van der Waals surface area contributed by atoms with Crippen LogP contribution >= 0.6 is 11.6 Å². The highest BCUT2D eigenvalue weighted by molar-refractivity contribution is 6.21. The van der Waals surface area contributed by atoms with Crippen molar-refractivity contribution >= 4 is 17.4 Å². The Balaban J connectivity index is 1.86. The molecule has 1 heterocycles. The number of pyridine rings is 1.